The minimum Gasteiger partial charge on any atom is -0.0654 e. The van der Waals surface area contributed by atoms with Crippen molar-refractivity contribution < 1.29 is 0 Å². The maximum absolute atomic E-state index is 2.48. The highest BCUT2D eigenvalue weighted by Gasteiger charge is 2.38. The molecule has 1 fully saturated rings. The molecule has 1 saturated carbocycles. The van der Waals surface area contributed by atoms with Gasteiger partial charge in [0.25, 0.3) is 0 Å². The highest BCUT2D eigenvalue weighted by molar-refractivity contribution is 4.87. The van der Waals surface area contributed by atoms with Gasteiger partial charge < -0.3 is 0 Å². The van der Waals surface area contributed by atoms with Crippen molar-refractivity contribution in [3.05, 3.63) is 0 Å². The molecule has 1 aliphatic carbocycles. The van der Waals surface area contributed by atoms with E-state index in [-0.39, 0.29) is 0 Å². The molecular weight excluding hydrogens is 180 g/mol. The van der Waals surface area contributed by atoms with E-state index in [1.54, 1.807) is 0 Å². The molecule has 0 aromatic rings. The summed E-state index contributed by atoms with van der Waals surface area (Å²) in [7, 11) is 0. The zero-order valence-corrected chi connectivity index (χ0v) is 11.6. The van der Waals surface area contributed by atoms with Gasteiger partial charge in [0.1, 0.15) is 0 Å². The second kappa shape index (κ2) is 5.37. The van der Waals surface area contributed by atoms with Crippen molar-refractivity contribution >= 4 is 0 Å². The maximum atomic E-state index is 2.48. The van der Waals surface area contributed by atoms with Crippen molar-refractivity contribution in [2.24, 2.45) is 35.5 Å². The molecule has 0 amide bonds. The standard InChI is InChI=1S/C15H30/c1-7-8-14-9-15(10(2)3)13(6)11(4)12(14)5/h10-15H,7-9H2,1-6H3/t11-,12-,13+,14-,15-/m1/s1. The molecule has 0 spiro atoms. The lowest BCUT2D eigenvalue weighted by molar-refractivity contribution is 0.0383. The first kappa shape index (κ1) is 13.1. The van der Waals surface area contributed by atoms with Gasteiger partial charge in [0.15, 0.2) is 0 Å². The van der Waals surface area contributed by atoms with Crippen LogP contribution in [0.4, 0.5) is 0 Å². The third-order valence-corrected chi connectivity index (χ3v) is 5.17. The molecule has 0 aromatic heterocycles. The van der Waals surface area contributed by atoms with Gasteiger partial charge in [-0.2, -0.15) is 0 Å². The van der Waals surface area contributed by atoms with Gasteiger partial charge in [-0.1, -0.05) is 54.4 Å². The predicted molar refractivity (Wildman–Crippen MR) is 68.8 cm³/mol. The Balaban J connectivity index is 2.71. The molecule has 0 aliphatic heterocycles. The Bertz CT molecular complexity index is 182. The van der Waals surface area contributed by atoms with E-state index in [0.29, 0.717) is 0 Å². The van der Waals surface area contributed by atoms with E-state index in [9.17, 15) is 0 Å². The van der Waals surface area contributed by atoms with Crippen molar-refractivity contribution in [2.45, 2.75) is 60.8 Å². The molecule has 0 nitrogen and oxygen atoms in total. The van der Waals surface area contributed by atoms with Crippen molar-refractivity contribution in [3.63, 3.8) is 0 Å². The lowest BCUT2D eigenvalue weighted by Gasteiger charge is -2.45. The molecule has 0 radical (unpaired) electrons. The second-order valence-electron chi connectivity index (χ2n) is 6.27. The van der Waals surface area contributed by atoms with Gasteiger partial charge in [-0.15, -0.1) is 0 Å². The first-order valence-corrected chi connectivity index (χ1v) is 6.99. The maximum Gasteiger partial charge on any atom is -0.0360 e. The molecule has 0 N–H and O–H groups in total. The Morgan fingerprint density at radius 1 is 1.00 bits per heavy atom. The average Bonchev–Trinajstić information content (AvgIpc) is 2.18. The van der Waals surface area contributed by atoms with Crippen LogP contribution in [0.3, 0.4) is 0 Å². The van der Waals surface area contributed by atoms with Crippen LogP contribution < -0.4 is 0 Å². The first-order chi connectivity index (χ1) is 6.99. The summed E-state index contributed by atoms with van der Waals surface area (Å²) in [6.45, 7) is 14.6. The van der Waals surface area contributed by atoms with Crippen molar-refractivity contribution in [2.75, 3.05) is 0 Å². The lowest BCUT2D eigenvalue weighted by Crippen LogP contribution is -2.38. The van der Waals surface area contributed by atoms with Crippen LogP contribution in [0.2, 0.25) is 0 Å². The smallest absolute Gasteiger partial charge is 0.0360 e. The third kappa shape index (κ3) is 2.77. The third-order valence-electron chi connectivity index (χ3n) is 5.17. The highest BCUT2D eigenvalue weighted by atomic mass is 14.4. The van der Waals surface area contributed by atoms with Crippen LogP contribution in [-0.4, -0.2) is 0 Å². The quantitative estimate of drug-likeness (QED) is 0.616. The summed E-state index contributed by atoms with van der Waals surface area (Å²) >= 11 is 0. The van der Waals surface area contributed by atoms with Gasteiger partial charge in [0.05, 0.1) is 0 Å². The van der Waals surface area contributed by atoms with Gasteiger partial charge >= 0.3 is 0 Å². The van der Waals surface area contributed by atoms with Gasteiger partial charge in [0.2, 0.25) is 0 Å². The number of hydrogen-bond acceptors (Lipinski definition) is 0. The van der Waals surface area contributed by atoms with E-state index in [0.717, 1.165) is 35.5 Å². The fourth-order valence-corrected chi connectivity index (χ4v) is 3.71. The molecule has 15 heavy (non-hydrogen) atoms. The zero-order chi connectivity index (χ0) is 11.6. The summed E-state index contributed by atoms with van der Waals surface area (Å²) in [5.41, 5.74) is 0. The van der Waals surface area contributed by atoms with Gasteiger partial charge in [-0.25, -0.2) is 0 Å². The topological polar surface area (TPSA) is 0 Å². The summed E-state index contributed by atoms with van der Waals surface area (Å²) in [5.74, 6) is 5.61. The van der Waals surface area contributed by atoms with Gasteiger partial charge in [0, 0.05) is 0 Å². The van der Waals surface area contributed by atoms with E-state index in [2.05, 4.69) is 41.5 Å². The first-order valence-electron chi connectivity index (χ1n) is 6.99. The molecule has 1 aliphatic rings. The fourth-order valence-electron chi connectivity index (χ4n) is 3.71. The van der Waals surface area contributed by atoms with Crippen LogP contribution in [-0.2, 0) is 0 Å². The van der Waals surface area contributed by atoms with Crippen molar-refractivity contribution in [1.82, 2.24) is 0 Å². The normalized spacial score (nSPS) is 42.2. The Morgan fingerprint density at radius 3 is 2.07 bits per heavy atom. The Kier molecular flexibility index (Phi) is 4.67. The molecule has 0 bridgehead atoms. The van der Waals surface area contributed by atoms with Crippen molar-refractivity contribution in [3.8, 4) is 0 Å². The van der Waals surface area contributed by atoms with E-state index in [4.69, 9.17) is 0 Å². The Morgan fingerprint density at radius 2 is 1.60 bits per heavy atom. The van der Waals surface area contributed by atoms with E-state index in [1.165, 1.54) is 19.3 Å². The van der Waals surface area contributed by atoms with E-state index >= 15 is 0 Å². The summed E-state index contributed by atoms with van der Waals surface area (Å²) in [6.07, 6.45) is 4.29. The summed E-state index contributed by atoms with van der Waals surface area (Å²) in [4.78, 5) is 0. The van der Waals surface area contributed by atoms with Crippen LogP contribution >= 0.6 is 0 Å². The summed E-state index contributed by atoms with van der Waals surface area (Å²) in [6, 6.07) is 0. The largest absolute Gasteiger partial charge is 0.0654 e. The van der Waals surface area contributed by atoms with Crippen molar-refractivity contribution in [1.29, 1.82) is 0 Å². The van der Waals surface area contributed by atoms with Crippen LogP contribution in [0, 0.1) is 35.5 Å². The molecule has 0 heteroatoms. The molecule has 90 valence electrons. The van der Waals surface area contributed by atoms with Gasteiger partial charge in [-0.3, -0.25) is 0 Å². The van der Waals surface area contributed by atoms with E-state index < -0.39 is 0 Å². The SMILES string of the molecule is CCC[C@@H]1C[C@H](C(C)C)[C@@H](C)[C@H](C)[C@H]1C. The van der Waals surface area contributed by atoms with E-state index in [1.807, 2.05) is 0 Å². The van der Waals surface area contributed by atoms with Crippen LogP contribution in [0.5, 0.6) is 0 Å². The van der Waals surface area contributed by atoms with Crippen LogP contribution in [0.1, 0.15) is 60.8 Å². The Labute approximate surface area is 96.8 Å². The predicted octanol–water partition coefficient (Wildman–Crippen LogP) is 4.99. The molecule has 0 unspecified atom stereocenters. The van der Waals surface area contributed by atoms with Gasteiger partial charge in [-0.05, 0) is 41.9 Å². The monoisotopic (exact) mass is 210 g/mol. The minimum atomic E-state index is 0.870. The van der Waals surface area contributed by atoms with Crippen LogP contribution in [0.15, 0.2) is 0 Å². The molecule has 1 rings (SSSR count). The van der Waals surface area contributed by atoms with Crippen LogP contribution in [0.25, 0.3) is 0 Å². The summed E-state index contributed by atoms with van der Waals surface area (Å²) < 4.78 is 0. The molecule has 5 atom stereocenters. The minimum absolute atomic E-state index is 0.870. The number of rotatable bonds is 3. The average molecular weight is 210 g/mol. The molecule has 0 aromatic carbocycles. The molecule has 0 saturated heterocycles. The number of hydrogen-bond donors (Lipinski definition) is 0. The molecular formula is C15H30. The zero-order valence-electron chi connectivity index (χ0n) is 11.6. The highest BCUT2D eigenvalue weighted by Crippen LogP contribution is 2.46. The lowest BCUT2D eigenvalue weighted by atomic mass is 9.60. The Hall–Kier alpha value is 0. The summed E-state index contributed by atoms with van der Waals surface area (Å²) in [5, 5.41) is 0. The second-order valence-corrected chi connectivity index (χ2v) is 6.27. The fraction of sp³-hybridized carbons (Fsp3) is 1.00. The molecule has 0 heterocycles.